The number of likely N-dealkylation sites (N-methyl/N-ethyl adjacent to an activating group) is 1. The van der Waals surface area contributed by atoms with Crippen molar-refractivity contribution >= 4 is 63.4 Å². The summed E-state index contributed by atoms with van der Waals surface area (Å²) in [4.78, 5) is 29.0. The fourth-order valence-corrected chi connectivity index (χ4v) is 5.69. The molecule has 0 aliphatic carbocycles. The van der Waals surface area contributed by atoms with Gasteiger partial charge in [0, 0.05) is 33.4 Å². The molecule has 2 heterocycles. The van der Waals surface area contributed by atoms with Crippen LogP contribution < -0.4 is 4.90 Å². The number of fused-ring (bicyclic) bond motifs is 1. The van der Waals surface area contributed by atoms with Crippen molar-refractivity contribution < 1.29 is 14.0 Å². The Hall–Kier alpha value is -2.28. The minimum atomic E-state index is -0.561. The third-order valence-electron chi connectivity index (χ3n) is 5.95. The SMILES string of the molecule is CCN1c2cc(Cl)c(/C=C3/SC(=O)N(Cc4c(F)cccc4Cl)C3=O)cc2C(C)=CC1(C)C. The topological polar surface area (TPSA) is 40.6 Å². The van der Waals surface area contributed by atoms with Crippen LogP contribution >= 0.6 is 35.0 Å². The van der Waals surface area contributed by atoms with E-state index >= 15 is 0 Å². The number of benzene rings is 2. The van der Waals surface area contributed by atoms with Crippen molar-refractivity contribution in [3.8, 4) is 0 Å². The molecule has 2 amide bonds. The number of hydrogen-bond donors (Lipinski definition) is 0. The molecule has 8 heteroatoms. The Morgan fingerprint density at radius 2 is 1.88 bits per heavy atom. The van der Waals surface area contributed by atoms with Crippen LogP contribution in [-0.4, -0.2) is 28.1 Å². The molecule has 2 aromatic carbocycles. The summed E-state index contributed by atoms with van der Waals surface area (Å²) in [6, 6.07) is 8.11. The zero-order valence-electron chi connectivity index (χ0n) is 18.7. The first-order chi connectivity index (χ1) is 15.5. The first-order valence-electron chi connectivity index (χ1n) is 10.5. The monoisotopic (exact) mass is 504 g/mol. The first-order valence-corrected chi connectivity index (χ1v) is 12.1. The lowest BCUT2D eigenvalue weighted by atomic mass is 9.88. The van der Waals surface area contributed by atoms with Crippen LogP contribution in [0, 0.1) is 5.82 Å². The standard InChI is InChI=1S/C25H23Cl2FN2O2S/c1-5-30-21-11-19(27)15(9-16(21)14(2)12-25(30,3)4)10-22-23(31)29(24(32)33-22)13-17-18(26)7-6-8-20(17)28/h6-12H,5,13H2,1-4H3/b22-10+. The predicted molar refractivity (Wildman–Crippen MR) is 135 cm³/mol. The minimum Gasteiger partial charge on any atom is -0.363 e. The lowest BCUT2D eigenvalue weighted by molar-refractivity contribution is -0.123. The largest absolute Gasteiger partial charge is 0.363 e. The van der Waals surface area contributed by atoms with Crippen molar-refractivity contribution in [3.05, 3.63) is 73.9 Å². The van der Waals surface area contributed by atoms with Crippen molar-refractivity contribution in [1.82, 2.24) is 4.90 Å². The Kier molecular flexibility index (Phi) is 6.38. The molecule has 0 atom stereocenters. The Bertz CT molecular complexity index is 1220. The van der Waals surface area contributed by atoms with E-state index in [0.717, 1.165) is 40.0 Å². The van der Waals surface area contributed by atoms with E-state index in [1.807, 2.05) is 12.1 Å². The maximum Gasteiger partial charge on any atom is 0.293 e. The number of rotatable bonds is 4. The van der Waals surface area contributed by atoms with E-state index < -0.39 is 17.0 Å². The minimum absolute atomic E-state index is 0.109. The van der Waals surface area contributed by atoms with Gasteiger partial charge in [-0.2, -0.15) is 0 Å². The highest BCUT2D eigenvalue weighted by Gasteiger charge is 2.36. The summed E-state index contributed by atoms with van der Waals surface area (Å²) < 4.78 is 14.2. The number of halogens is 3. The third kappa shape index (κ3) is 4.32. The van der Waals surface area contributed by atoms with Crippen molar-refractivity contribution in [3.63, 3.8) is 0 Å². The number of imide groups is 1. The molecule has 2 aliphatic heterocycles. The van der Waals surface area contributed by atoms with E-state index in [4.69, 9.17) is 23.2 Å². The number of allylic oxidation sites excluding steroid dienone is 1. The molecule has 2 aliphatic rings. The van der Waals surface area contributed by atoms with E-state index in [9.17, 15) is 14.0 Å². The Morgan fingerprint density at radius 3 is 2.55 bits per heavy atom. The molecule has 2 aromatic rings. The van der Waals surface area contributed by atoms with Gasteiger partial charge in [-0.3, -0.25) is 14.5 Å². The van der Waals surface area contributed by atoms with Crippen LogP contribution in [0.1, 0.15) is 44.4 Å². The Morgan fingerprint density at radius 1 is 1.15 bits per heavy atom. The summed E-state index contributed by atoms with van der Waals surface area (Å²) in [5, 5.41) is 0.178. The zero-order chi connectivity index (χ0) is 24.1. The molecule has 1 saturated heterocycles. The van der Waals surface area contributed by atoms with E-state index in [0.29, 0.717) is 10.6 Å². The maximum atomic E-state index is 14.2. The number of hydrogen-bond acceptors (Lipinski definition) is 4. The van der Waals surface area contributed by atoms with Crippen LogP contribution in [-0.2, 0) is 11.3 Å². The normalized spacial score (nSPS) is 18.8. The van der Waals surface area contributed by atoms with Gasteiger partial charge in [0.05, 0.1) is 17.0 Å². The van der Waals surface area contributed by atoms with Crippen molar-refractivity contribution in [2.75, 3.05) is 11.4 Å². The Labute approximate surface area is 207 Å². The van der Waals surface area contributed by atoms with Gasteiger partial charge in [0.25, 0.3) is 11.1 Å². The van der Waals surface area contributed by atoms with Gasteiger partial charge in [0.2, 0.25) is 0 Å². The molecule has 1 fully saturated rings. The van der Waals surface area contributed by atoms with Crippen LogP contribution in [0.3, 0.4) is 0 Å². The molecule has 0 aromatic heterocycles. The molecule has 0 saturated carbocycles. The van der Waals surface area contributed by atoms with Gasteiger partial charge >= 0.3 is 0 Å². The van der Waals surface area contributed by atoms with Gasteiger partial charge < -0.3 is 4.90 Å². The summed E-state index contributed by atoms with van der Waals surface area (Å²) in [5.41, 5.74) is 3.79. The molecular weight excluding hydrogens is 482 g/mol. The van der Waals surface area contributed by atoms with E-state index in [2.05, 4.69) is 38.7 Å². The summed E-state index contributed by atoms with van der Waals surface area (Å²) in [6.07, 6.45) is 3.84. The average Bonchev–Trinajstić information content (AvgIpc) is 2.98. The van der Waals surface area contributed by atoms with E-state index in [1.165, 1.54) is 18.2 Å². The quantitative estimate of drug-likeness (QED) is 0.407. The highest BCUT2D eigenvalue weighted by atomic mass is 35.5. The average molecular weight is 505 g/mol. The lowest BCUT2D eigenvalue weighted by Crippen LogP contribution is -2.44. The number of thioether (sulfide) groups is 1. The van der Waals surface area contributed by atoms with Crippen LogP contribution in [0.2, 0.25) is 10.0 Å². The molecule has 0 unspecified atom stereocenters. The second-order valence-electron chi connectivity index (χ2n) is 8.58. The number of carbonyl (C=O) groups excluding carboxylic acids is 2. The predicted octanol–water partition coefficient (Wildman–Crippen LogP) is 7.39. The van der Waals surface area contributed by atoms with Crippen molar-refractivity contribution in [2.45, 2.75) is 39.8 Å². The summed E-state index contributed by atoms with van der Waals surface area (Å²) >= 11 is 13.5. The number of carbonyl (C=O) groups is 2. The van der Waals surface area contributed by atoms with Gasteiger partial charge in [0.15, 0.2) is 0 Å². The van der Waals surface area contributed by atoms with Crippen LogP contribution in [0.4, 0.5) is 14.9 Å². The first kappa shape index (κ1) is 23.9. The number of nitrogens with zero attached hydrogens (tertiary/aromatic N) is 2. The lowest BCUT2D eigenvalue weighted by Gasteiger charge is -2.43. The van der Waals surface area contributed by atoms with Crippen molar-refractivity contribution in [1.29, 1.82) is 0 Å². The molecule has 0 spiro atoms. The van der Waals surface area contributed by atoms with Crippen LogP contribution in [0.15, 0.2) is 41.3 Å². The molecule has 4 nitrogen and oxygen atoms in total. The molecule has 172 valence electrons. The van der Waals surface area contributed by atoms with Crippen LogP contribution in [0.25, 0.3) is 11.6 Å². The van der Waals surface area contributed by atoms with Gasteiger partial charge in [-0.05, 0) is 80.9 Å². The number of amides is 2. The summed E-state index contributed by atoms with van der Waals surface area (Å²) in [6.45, 7) is 9.05. The second-order valence-corrected chi connectivity index (χ2v) is 10.4. The maximum absolute atomic E-state index is 14.2. The fourth-order valence-electron chi connectivity index (χ4n) is 4.42. The highest BCUT2D eigenvalue weighted by molar-refractivity contribution is 8.18. The second kappa shape index (κ2) is 8.82. The molecule has 0 N–H and O–H groups in total. The molecule has 4 rings (SSSR count). The zero-order valence-corrected chi connectivity index (χ0v) is 21.0. The van der Waals surface area contributed by atoms with Crippen LogP contribution in [0.5, 0.6) is 0 Å². The smallest absolute Gasteiger partial charge is 0.293 e. The fraction of sp³-hybridized carbons (Fsp3) is 0.280. The summed E-state index contributed by atoms with van der Waals surface area (Å²) in [7, 11) is 0. The van der Waals surface area contributed by atoms with Gasteiger partial charge in [-0.25, -0.2) is 4.39 Å². The summed E-state index contributed by atoms with van der Waals surface area (Å²) in [5.74, 6) is -1.06. The number of anilines is 1. The van der Waals surface area contributed by atoms with Gasteiger partial charge in [0.1, 0.15) is 5.82 Å². The molecule has 0 bridgehead atoms. The van der Waals surface area contributed by atoms with E-state index in [-0.39, 0.29) is 27.6 Å². The Balaban J connectivity index is 1.68. The molecular formula is C25H23Cl2FN2O2S. The molecule has 0 radical (unpaired) electrons. The van der Waals surface area contributed by atoms with Gasteiger partial charge in [-0.1, -0.05) is 35.3 Å². The van der Waals surface area contributed by atoms with Gasteiger partial charge in [-0.15, -0.1) is 0 Å². The highest BCUT2D eigenvalue weighted by Crippen LogP contribution is 2.43. The molecule has 33 heavy (non-hydrogen) atoms. The van der Waals surface area contributed by atoms with Crippen molar-refractivity contribution in [2.24, 2.45) is 0 Å². The van der Waals surface area contributed by atoms with E-state index in [1.54, 1.807) is 6.08 Å². The third-order valence-corrected chi connectivity index (χ3v) is 7.54.